The summed E-state index contributed by atoms with van der Waals surface area (Å²) in [6, 6.07) is 18.7. The maximum atomic E-state index is 12.9. The van der Waals surface area contributed by atoms with E-state index in [0.717, 1.165) is 0 Å². The number of rotatable bonds is 7. The molecule has 0 aliphatic heterocycles. The molecule has 2 N–H and O–H groups in total. The Bertz CT molecular complexity index is 1190. The number of ether oxygens (including phenoxy) is 1. The Kier molecular flexibility index (Phi) is 7.20. The van der Waals surface area contributed by atoms with Gasteiger partial charge in [0.25, 0.3) is 17.5 Å². The average Bonchev–Trinajstić information content (AvgIpc) is 2.79. The van der Waals surface area contributed by atoms with Crippen molar-refractivity contribution < 1.29 is 19.2 Å². The Hall–Kier alpha value is -4.17. The summed E-state index contributed by atoms with van der Waals surface area (Å²) in [5, 5.41) is 16.5. The number of nitro groups is 1. The summed E-state index contributed by atoms with van der Waals surface area (Å²) < 4.78 is 5.10. The zero-order chi connectivity index (χ0) is 23.1. The van der Waals surface area contributed by atoms with Gasteiger partial charge in [0, 0.05) is 17.8 Å². The molecule has 0 saturated carbocycles. The van der Waals surface area contributed by atoms with E-state index in [0.29, 0.717) is 17.0 Å². The number of hydrogen-bond donors (Lipinski definition) is 2. The number of carbonyl (C=O) groups excluding carboxylic acids is 2. The third-order valence-electron chi connectivity index (χ3n) is 4.35. The van der Waals surface area contributed by atoms with Gasteiger partial charge in [-0.05, 0) is 48.0 Å². The SMILES string of the molecule is COc1ccc(NC(=O)/C(=C\c2cccc([N+](=O)[O-])c2)NC(=O)c2ccccc2Cl)cc1. The Labute approximate surface area is 188 Å². The van der Waals surface area contributed by atoms with Gasteiger partial charge in [-0.25, -0.2) is 0 Å². The first-order valence-corrected chi connectivity index (χ1v) is 9.72. The van der Waals surface area contributed by atoms with E-state index in [1.165, 1.54) is 37.5 Å². The van der Waals surface area contributed by atoms with Crippen molar-refractivity contribution in [2.45, 2.75) is 0 Å². The standard InChI is InChI=1S/C23H18ClN3O5/c1-32-18-11-9-16(10-12-18)25-23(29)21(14-15-5-4-6-17(13-15)27(30)31)26-22(28)19-7-2-3-8-20(19)24/h2-14H,1H3,(H,25,29)(H,26,28)/b21-14+. The lowest BCUT2D eigenvalue weighted by atomic mass is 10.1. The number of amides is 2. The van der Waals surface area contributed by atoms with Crippen molar-refractivity contribution in [3.05, 3.63) is 105 Å². The van der Waals surface area contributed by atoms with E-state index in [1.54, 1.807) is 48.5 Å². The van der Waals surface area contributed by atoms with Gasteiger partial charge < -0.3 is 15.4 Å². The molecule has 0 atom stereocenters. The number of halogens is 1. The highest BCUT2D eigenvalue weighted by atomic mass is 35.5. The van der Waals surface area contributed by atoms with Gasteiger partial charge in [0.1, 0.15) is 11.4 Å². The smallest absolute Gasteiger partial charge is 0.272 e. The number of nitro benzene ring substituents is 1. The summed E-state index contributed by atoms with van der Waals surface area (Å²) in [5.41, 5.74) is 0.736. The predicted octanol–water partition coefficient (Wildman–Crippen LogP) is 4.67. The number of benzene rings is 3. The van der Waals surface area contributed by atoms with Gasteiger partial charge in [-0.3, -0.25) is 19.7 Å². The Morgan fingerprint density at radius 1 is 1.03 bits per heavy atom. The van der Waals surface area contributed by atoms with Crippen LogP contribution in [0.4, 0.5) is 11.4 Å². The first-order valence-electron chi connectivity index (χ1n) is 9.35. The Morgan fingerprint density at radius 3 is 2.41 bits per heavy atom. The van der Waals surface area contributed by atoms with Crippen LogP contribution in [0.25, 0.3) is 6.08 Å². The highest BCUT2D eigenvalue weighted by Crippen LogP contribution is 2.19. The molecule has 0 fully saturated rings. The molecule has 0 aromatic heterocycles. The summed E-state index contributed by atoms with van der Waals surface area (Å²) in [6.07, 6.45) is 1.35. The maximum absolute atomic E-state index is 12.9. The number of nitrogens with zero attached hydrogens (tertiary/aromatic N) is 1. The minimum Gasteiger partial charge on any atom is -0.497 e. The third kappa shape index (κ3) is 5.71. The first-order chi connectivity index (χ1) is 15.4. The monoisotopic (exact) mass is 451 g/mol. The van der Waals surface area contributed by atoms with Gasteiger partial charge in [0.15, 0.2) is 0 Å². The summed E-state index contributed by atoms with van der Waals surface area (Å²) in [7, 11) is 1.53. The van der Waals surface area contributed by atoms with Gasteiger partial charge in [-0.2, -0.15) is 0 Å². The van der Waals surface area contributed by atoms with Gasteiger partial charge in [0.2, 0.25) is 0 Å². The largest absolute Gasteiger partial charge is 0.497 e. The zero-order valence-electron chi connectivity index (χ0n) is 16.9. The zero-order valence-corrected chi connectivity index (χ0v) is 17.6. The molecule has 2 amide bonds. The van der Waals surface area contributed by atoms with Gasteiger partial charge >= 0.3 is 0 Å². The molecule has 0 aliphatic carbocycles. The molecule has 0 unspecified atom stereocenters. The summed E-state index contributed by atoms with van der Waals surface area (Å²) >= 11 is 6.09. The molecule has 32 heavy (non-hydrogen) atoms. The fraction of sp³-hybridized carbons (Fsp3) is 0.0435. The van der Waals surface area contributed by atoms with Crippen molar-refractivity contribution in [1.82, 2.24) is 5.32 Å². The number of nitrogens with one attached hydrogen (secondary N) is 2. The van der Waals surface area contributed by atoms with Crippen molar-refractivity contribution in [2.24, 2.45) is 0 Å². The molecular formula is C23H18ClN3O5. The molecule has 3 rings (SSSR count). The maximum Gasteiger partial charge on any atom is 0.272 e. The summed E-state index contributed by atoms with van der Waals surface area (Å²) in [4.78, 5) is 36.2. The van der Waals surface area contributed by atoms with E-state index in [9.17, 15) is 19.7 Å². The minimum atomic E-state index is -0.623. The molecule has 0 aliphatic rings. The number of anilines is 1. The lowest BCUT2D eigenvalue weighted by Crippen LogP contribution is -2.30. The van der Waals surface area contributed by atoms with E-state index in [-0.39, 0.29) is 22.0 Å². The molecule has 0 heterocycles. The number of methoxy groups -OCH3 is 1. The quantitative estimate of drug-likeness (QED) is 0.308. The lowest BCUT2D eigenvalue weighted by Gasteiger charge is -2.12. The van der Waals surface area contributed by atoms with Crippen LogP contribution in [0.5, 0.6) is 5.75 Å². The first kappa shape index (κ1) is 22.5. The molecule has 9 heteroatoms. The van der Waals surface area contributed by atoms with Crippen LogP contribution in [0.3, 0.4) is 0 Å². The summed E-state index contributed by atoms with van der Waals surface area (Å²) in [6.45, 7) is 0. The van der Waals surface area contributed by atoms with Crippen molar-refractivity contribution in [3.8, 4) is 5.75 Å². The van der Waals surface area contributed by atoms with Crippen LogP contribution in [-0.2, 0) is 4.79 Å². The van der Waals surface area contributed by atoms with Crippen LogP contribution >= 0.6 is 11.6 Å². The predicted molar refractivity (Wildman–Crippen MR) is 122 cm³/mol. The Balaban J connectivity index is 1.93. The van der Waals surface area contributed by atoms with Gasteiger partial charge in [-0.1, -0.05) is 35.9 Å². The molecular weight excluding hydrogens is 434 g/mol. The second-order valence-electron chi connectivity index (χ2n) is 6.53. The minimum absolute atomic E-state index is 0.119. The average molecular weight is 452 g/mol. The summed E-state index contributed by atoms with van der Waals surface area (Å²) in [5.74, 6) is -0.610. The number of hydrogen-bond acceptors (Lipinski definition) is 5. The fourth-order valence-corrected chi connectivity index (χ4v) is 2.98. The van der Waals surface area contributed by atoms with E-state index < -0.39 is 16.7 Å². The lowest BCUT2D eigenvalue weighted by molar-refractivity contribution is -0.384. The van der Waals surface area contributed by atoms with Crippen LogP contribution in [0.1, 0.15) is 15.9 Å². The van der Waals surface area contributed by atoms with E-state index in [1.807, 2.05) is 0 Å². The molecule has 162 valence electrons. The van der Waals surface area contributed by atoms with Gasteiger partial charge in [0.05, 0.1) is 22.6 Å². The highest BCUT2D eigenvalue weighted by Gasteiger charge is 2.17. The molecule has 3 aromatic rings. The van der Waals surface area contributed by atoms with Crippen LogP contribution in [-0.4, -0.2) is 23.8 Å². The van der Waals surface area contributed by atoms with E-state index in [2.05, 4.69) is 10.6 Å². The second kappa shape index (κ2) is 10.2. The molecule has 8 nitrogen and oxygen atoms in total. The Morgan fingerprint density at radius 2 is 1.75 bits per heavy atom. The number of non-ortho nitro benzene ring substituents is 1. The van der Waals surface area contributed by atoms with Crippen molar-refractivity contribution >= 4 is 40.9 Å². The van der Waals surface area contributed by atoms with Crippen LogP contribution < -0.4 is 15.4 Å². The van der Waals surface area contributed by atoms with Crippen LogP contribution in [0.2, 0.25) is 5.02 Å². The van der Waals surface area contributed by atoms with Crippen molar-refractivity contribution in [2.75, 3.05) is 12.4 Å². The van der Waals surface area contributed by atoms with Crippen LogP contribution in [0, 0.1) is 10.1 Å². The molecule has 3 aromatic carbocycles. The molecule has 0 saturated heterocycles. The van der Waals surface area contributed by atoms with Crippen molar-refractivity contribution in [3.63, 3.8) is 0 Å². The van der Waals surface area contributed by atoms with Crippen LogP contribution in [0.15, 0.2) is 78.5 Å². The van der Waals surface area contributed by atoms with Crippen molar-refractivity contribution in [1.29, 1.82) is 0 Å². The molecule has 0 bridgehead atoms. The van der Waals surface area contributed by atoms with E-state index in [4.69, 9.17) is 16.3 Å². The topological polar surface area (TPSA) is 111 Å². The molecule has 0 spiro atoms. The normalized spacial score (nSPS) is 10.9. The van der Waals surface area contributed by atoms with Gasteiger partial charge in [-0.15, -0.1) is 0 Å². The third-order valence-corrected chi connectivity index (χ3v) is 4.68. The van der Waals surface area contributed by atoms with E-state index >= 15 is 0 Å². The highest BCUT2D eigenvalue weighted by molar-refractivity contribution is 6.34. The molecule has 0 radical (unpaired) electrons. The second-order valence-corrected chi connectivity index (χ2v) is 6.93. The number of carbonyl (C=O) groups is 2. The fourth-order valence-electron chi connectivity index (χ4n) is 2.76.